The van der Waals surface area contributed by atoms with Gasteiger partial charge in [-0.15, -0.1) is 0 Å². The van der Waals surface area contributed by atoms with E-state index in [0.29, 0.717) is 17.9 Å². The molecule has 2 N–H and O–H groups in total. The van der Waals surface area contributed by atoms with Crippen LogP contribution in [0.15, 0.2) is 36.5 Å². The van der Waals surface area contributed by atoms with Crippen molar-refractivity contribution in [2.45, 2.75) is 6.54 Å². The highest BCUT2D eigenvalue weighted by Crippen LogP contribution is 2.26. The summed E-state index contributed by atoms with van der Waals surface area (Å²) in [6.45, 7) is 0.401. The van der Waals surface area contributed by atoms with Crippen molar-refractivity contribution in [3.8, 4) is 5.75 Å². The molecule has 0 saturated heterocycles. The standard InChI is InChI=1S/C12H10ClN3O3/c13-11-5-9(16(18)19)2-4-12(11)15-6-8-1-3-10(17)7-14-8/h1-5,7,15,17H,6H2. The second-order valence-corrected chi connectivity index (χ2v) is 4.19. The lowest BCUT2D eigenvalue weighted by atomic mass is 10.2. The van der Waals surface area contributed by atoms with Crippen LogP contribution < -0.4 is 5.32 Å². The van der Waals surface area contributed by atoms with Gasteiger partial charge in [0.2, 0.25) is 0 Å². The Labute approximate surface area is 113 Å². The molecule has 0 radical (unpaired) electrons. The van der Waals surface area contributed by atoms with Crippen LogP contribution in [0.2, 0.25) is 5.02 Å². The average molecular weight is 280 g/mol. The van der Waals surface area contributed by atoms with Gasteiger partial charge in [-0.25, -0.2) is 0 Å². The third kappa shape index (κ3) is 3.32. The number of pyridine rings is 1. The molecule has 0 aliphatic heterocycles. The van der Waals surface area contributed by atoms with Gasteiger partial charge in [-0.3, -0.25) is 15.1 Å². The van der Waals surface area contributed by atoms with Crippen molar-refractivity contribution in [2.24, 2.45) is 0 Å². The number of aromatic nitrogens is 1. The number of halogens is 1. The zero-order valence-corrected chi connectivity index (χ0v) is 10.5. The summed E-state index contributed by atoms with van der Waals surface area (Å²) in [5, 5.41) is 23.0. The molecule has 1 aromatic heterocycles. The number of rotatable bonds is 4. The van der Waals surface area contributed by atoms with Crippen LogP contribution >= 0.6 is 11.6 Å². The Hall–Kier alpha value is -2.34. The molecule has 0 aliphatic rings. The highest BCUT2D eigenvalue weighted by molar-refractivity contribution is 6.33. The quantitative estimate of drug-likeness (QED) is 0.663. The van der Waals surface area contributed by atoms with E-state index >= 15 is 0 Å². The Balaban J connectivity index is 2.07. The summed E-state index contributed by atoms with van der Waals surface area (Å²) in [4.78, 5) is 14.1. The van der Waals surface area contributed by atoms with E-state index in [4.69, 9.17) is 16.7 Å². The van der Waals surface area contributed by atoms with E-state index in [1.807, 2.05) is 0 Å². The first-order valence-corrected chi connectivity index (χ1v) is 5.76. The SMILES string of the molecule is O=[N+]([O-])c1ccc(NCc2ccc(O)cn2)c(Cl)c1. The molecule has 98 valence electrons. The van der Waals surface area contributed by atoms with E-state index in [2.05, 4.69) is 10.3 Å². The van der Waals surface area contributed by atoms with Gasteiger partial charge in [-0.05, 0) is 18.2 Å². The summed E-state index contributed by atoms with van der Waals surface area (Å²) in [6, 6.07) is 7.40. The molecule has 6 nitrogen and oxygen atoms in total. The Morgan fingerprint density at radius 2 is 2.16 bits per heavy atom. The fourth-order valence-corrected chi connectivity index (χ4v) is 1.71. The zero-order valence-electron chi connectivity index (χ0n) is 9.71. The molecule has 2 aromatic rings. The van der Waals surface area contributed by atoms with E-state index in [9.17, 15) is 10.1 Å². The summed E-state index contributed by atoms with van der Waals surface area (Å²) in [5.41, 5.74) is 1.24. The van der Waals surface area contributed by atoms with Crippen molar-refractivity contribution in [3.63, 3.8) is 0 Å². The molecule has 0 amide bonds. The molecule has 1 aromatic carbocycles. The molecule has 2 rings (SSSR count). The first kappa shape index (κ1) is 13.1. The number of hydrogen-bond acceptors (Lipinski definition) is 5. The second-order valence-electron chi connectivity index (χ2n) is 3.78. The van der Waals surface area contributed by atoms with Crippen molar-refractivity contribution < 1.29 is 10.0 Å². The molecule has 1 heterocycles. The van der Waals surface area contributed by atoms with Gasteiger partial charge in [-0.2, -0.15) is 0 Å². The fourth-order valence-electron chi connectivity index (χ4n) is 1.47. The minimum atomic E-state index is -0.503. The number of nitrogens with one attached hydrogen (secondary N) is 1. The van der Waals surface area contributed by atoms with Gasteiger partial charge >= 0.3 is 0 Å². The Kier molecular flexibility index (Phi) is 3.82. The third-order valence-corrected chi connectivity index (χ3v) is 2.75. The molecule has 0 fully saturated rings. The predicted octanol–water partition coefficient (Wildman–Crippen LogP) is 2.96. The molecule has 0 aliphatic carbocycles. The molecule has 0 atom stereocenters. The van der Waals surface area contributed by atoms with Crippen molar-refractivity contribution in [2.75, 3.05) is 5.32 Å². The van der Waals surface area contributed by atoms with E-state index in [0.717, 1.165) is 0 Å². The molecular formula is C12H10ClN3O3. The molecule has 0 saturated carbocycles. The summed E-state index contributed by atoms with van der Waals surface area (Å²) < 4.78 is 0. The minimum Gasteiger partial charge on any atom is -0.506 e. The van der Waals surface area contributed by atoms with Crippen molar-refractivity contribution >= 4 is 23.0 Å². The van der Waals surface area contributed by atoms with Gasteiger partial charge in [-0.1, -0.05) is 11.6 Å². The van der Waals surface area contributed by atoms with Gasteiger partial charge in [0.1, 0.15) is 5.75 Å². The lowest BCUT2D eigenvalue weighted by molar-refractivity contribution is -0.384. The van der Waals surface area contributed by atoms with E-state index in [1.54, 1.807) is 12.1 Å². The van der Waals surface area contributed by atoms with Crippen LogP contribution in [0, 0.1) is 10.1 Å². The topological polar surface area (TPSA) is 88.3 Å². The van der Waals surface area contributed by atoms with E-state index in [1.165, 1.54) is 24.4 Å². The van der Waals surface area contributed by atoms with Gasteiger partial charge in [0.25, 0.3) is 5.69 Å². The van der Waals surface area contributed by atoms with E-state index in [-0.39, 0.29) is 16.5 Å². The summed E-state index contributed by atoms with van der Waals surface area (Å²) in [5.74, 6) is 0.0946. The van der Waals surface area contributed by atoms with Crippen LogP contribution in [0.3, 0.4) is 0 Å². The highest BCUT2D eigenvalue weighted by atomic mass is 35.5. The first-order valence-electron chi connectivity index (χ1n) is 5.38. The number of non-ortho nitro benzene ring substituents is 1. The number of benzene rings is 1. The van der Waals surface area contributed by atoms with Crippen LogP contribution in [0.4, 0.5) is 11.4 Å². The van der Waals surface area contributed by atoms with Gasteiger partial charge in [0, 0.05) is 12.1 Å². The third-order valence-electron chi connectivity index (χ3n) is 2.43. The zero-order chi connectivity index (χ0) is 13.8. The number of aromatic hydroxyl groups is 1. The monoisotopic (exact) mass is 279 g/mol. The Morgan fingerprint density at radius 1 is 1.37 bits per heavy atom. The average Bonchev–Trinajstić information content (AvgIpc) is 2.39. The molecule has 0 bridgehead atoms. The Morgan fingerprint density at radius 3 is 2.74 bits per heavy atom. The van der Waals surface area contributed by atoms with Gasteiger partial charge in [0.15, 0.2) is 0 Å². The largest absolute Gasteiger partial charge is 0.506 e. The molecule has 19 heavy (non-hydrogen) atoms. The highest BCUT2D eigenvalue weighted by Gasteiger charge is 2.09. The predicted molar refractivity (Wildman–Crippen MR) is 71.3 cm³/mol. The maximum absolute atomic E-state index is 10.6. The van der Waals surface area contributed by atoms with Crippen molar-refractivity contribution in [1.82, 2.24) is 4.98 Å². The Bertz CT molecular complexity index is 602. The van der Waals surface area contributed by atoms with Crippen LogP contribution in [-0.4, -0.2) is 15.0 Å². The smallest absolute Gasteiger partial charge is 0.271 e. The molecule has 0 unspecified atom stereocenters. The number of nitrogens with zero attached hydrogens (tertiary/aromatic N) is 2. The van der Waals surface area contributed by atoms with Gasteiger partial charge < -0.3 is 10.4 Å². The molecule has 0 spiro atoms. The summed E-state index contributed by atoms with van der Waals surface area (Å²) in [7, 11) is 0. The lowest BCUT2D eigenvalue weighted by Crippen LogP contribution is -2.02. The first-order chi connectivity index (χ1) is 9.06. The van der Waals surface area contributed by atoms with Crippen molar-refractivity contribution in [3.05, 3.63) is 57.4 Å². The molecule has 7 heteroatoms. The number of hydrogen-bond donors (Lipinski definition) is 2. The number of anilines is 1. The normalized spacial score (nSPS) is 10.2. The van der Waals surface area contributed by atoms with Crippen LogP contribution in [0.1, 0.15) is 5.69 Å². The van der Waals surface area contributed by atoms with Crippen LogP contribution in [0.5, 0.6) is 5.75 Å². The van der Waals surface area contributed by atoms with Crippen LogP contribution in [-0.2, 0) is 6.54 Å². The fraction of sp³-hybridized carbons (Fsp3) is 0.0833. The van der Waals surface area contributed by atoms with E-state index < -0.39 is 4.92 Å². The lowest BCUT2D eigenvalue weighted by Gasteiger charge is -2.07. The molecular weight excluding hydrogens is 270 g/mol. The minimum absolute atomic E-state index is 0.0571. The summed E-state index contributed by atoms with van der Waals surface area (Å²) >= 11 is 5.94. The summed E-state index contributed by atoms with van der Waals surface area (Å²) in [6.07, 6.45) is 1.34. The second kappa shape index (κ2) is 5.53. The number of nitro groups is 1. The number of nitro benzene ring substituents is 1. The van der Waals surface area contributed by atoms with Crippen LogP contribution in [0.25, 0.3) is 0 Å². The van der Waals surface area contributed by atoms with Crippen molar-refractivity contribution in [1.29, 1.82) is 0 Å². The maximum atomic E-state index is 10.6. The van der Waals surface area contributed by atoms with Gasteiger partial charge in [0.05, 0.1) is 34.1 Å². The maximum Gasteiger partial charge on any atom is 0.271 e.